The number of benzene rings is 1. The number of cyclic esters (lactones) is 1. The van der Waals surface area contributed by atoms with Crippen LogP contribution in [0, 0.1) is 0 Å². The molecular formula is C22H25N3O3S. The third-order valence-electron chi connectivity index (χ3n) is 4.99. The lowest BCUT2D eigenvalue weighted by atomic mass is 9.87. The van der Waals surface area contributed by atoms with Gasteiger partial charge in [-0.25, -0.2) is 0 Å². The van der Waals surface area contributed by atoms with Gasteiger partial charge in [-0.05, 0) is 30.0 Å². The van der Waals surface area contributed by atoms with Crippen LogP contribution in [0.15, 0.2) is 52.2 Å². The molecule has 2 aromatic heterocycles. The molecule has 6 nitrogen and oxygen atoms in total. The minimum atomic E-state index is -0.263. The average Bonchev–Trinajstić information content (AvgIpc) is 3.38. The topological polar surface area (TPSA) is 70.2 Å². The van der Waals surface area contributed by atoms with Gasteiger partial charge in [0.05, 0.1) is 12.8 Å². The van der Waals surface area contributed by atoms with Crippen LogP contribution in [-0.4, -0.2) is 32.1 Å². The summed E-state index contributed by atoms with van der Waals surface area (Å²) in [5, 5.41) is 9.26. The van der Waals surface area contributed by atoms with E-state index in [-0.39, 0.29) is 22.7 Å². The fourth-order valence-corrected chi connectivity index (χ4v) is 4.49. The number of carbonyl (C=O) groups is 1. The van der Waals surface area contributed by atoms with Gasteiger partial charge in [0.25, 0.3) is 0 Å². The van der Waals surface area contributed by atoms with E-state index < -0.39 is 0 Å². The Kier molecular flexibility index (Phi) is 5.25. The van der Waals surface area contributed by atoms with Crippen LogP contribution >= 0.6 is 11.8 Å². The van der Waals surface area contributed by atoms with Crippen LogP contribution in [0.5, 0.6) is 0 Å². The molecule has 1 saturated heterocycles. The summed E-state index contributed by atoms with van der Waals surface area (Å²) in [6, 6.07) is 12.2. The molecule has 0 saturated carbocycles. The molecule has 29 heavy (non-hydrogen) atoms. The Bertz CT molecular complexity index is 987. The van der Waals surface area contributed by atoms with Crippen molar-refractivity contribution in [3.8, 4) is 11.4 Å². The first-order valence-electron chi connectivity index (χ1n) is 9.75. The van der Waals surface area contributed by atoms with Gasteiger partial charge in [-0.3, -0.25) is 9.36 Å². The number of rotatable bonds is 5. The molecule has 3 aromatic rings. The first-order valence-corrected chi connectivity index (χ1v) is 10.6. The van der Waals surface area contributed by atoms with Crippen LogP contribution in [0.2, 0.25) is 0 Å². The Morgan fingerprint density at radius 3 is 2.52 bits per heavy atom. The molecule has 0 aliphatic carbocycles. The molecule has 1 fully saturated rings. The molecule has 1 aliphatic heterocycles. The fraction of sp³-hybridized carbons (Fsp3) is 0.409. The van der Waals surface area contributed by atoms with Gasteiger partial charge in [-0.1, -0.05) is 56.8 Å². The summed E-state index contributed by atoms with van der Waals surface area (Å²) < 4.78 is 12.8. The highest BCUT2D eigenvalue weighted by Gasteiger charge is 2.34. The summed E-state index contributed by atoms with van der Waals surface area (Å²) in [5.41, 5.74) is 2.32. The monoisotopic (exact) mass is 411 g/mol. The molecule has 7 heteroatoms. The number of ether oxygens (including phenoxy) is 1. The van der Waals surface area contributed by atoms with Gasteiger partial charge in [0.1, 0.15) is 17.1 Å². The molecule has 3 heterocycles. The second-order valence-electron chi connectivity index (χ2n) is 8.39. The number of thioether (sulfide) groups is 1. The largest absolute Gasteiger partial charge is 0.467 e. The van der Waals surface area contributed by atoms with E-state index in [0.29, 0.717) is 18.1 Å². The van der Waals surface area contributed by atoms with Crippen molar-refractivity contribution in [2.75, 3.05) is 0 Å². The van der Waals surface area contributed by atoms with E-state index in [1.54, 1.807) is 6.26 Å². The summed E-state index contributed by atoms with van der Waals surface area (Å²) in [6.07, 6.45) is 2.26. The summed E-state index contributed by atoms with van der Waals surface area (Å²) in [5.74, 6) is 1.37. The molecule has 152 valence electrons. The highest BCUT2D eigenvalue weighted by Crippen LogP contribution is 2.34. The number of nitrogens with zero attached hydrogens (tertiary/aromatic N) is 3. The minimum Gasteiger partial charge on any atom is -0.467 e. The Labute approximate surface area is 174 Å². The molecule has 2 atom stereocenters. The normalized spacial score (nSPS) is 19.5. The van der Waals surface area contributed by atoms with Crippen molar-refractivity contribution >= 4 is 17.7 Å². The summed E-state index contributed by atoms with van der Waals surface area (Å²) >= 11 is 1.41. The highest BCUT2D eigenvalue weighted by atomic mass is 32.2. The van der Waals surface area contributed by atoms with E-state index in [2.05, 4.69) is 55.2 Å². The highest BCUT2D eigenvalue weighted by molar-refractivity contribution is 8.00. The van der Waals surface area contributed by atoms with Gasteiger partial charge in [0, 0.05) is 12.0 Å². The lowest BCUT2D eigenvalue weighted by Gasteiger charge is -2.19. The quantitative estimate of drug-likeness (QED) is 0.568. The third-order valence-corrected chi connectivity index (χ3v) is 6.18. The maximum absolute atomic E-state index is 12.1. The lowest BCUT2D eigenvalue weighted by molar-refractivity contribution is -0.140. The van der Waals surface area contributed by atoms with Gasteiger partial charge in [-0.15, -0.1) is 10.2 Å². The van der Waals surface area contributed by atoms with Crippen LogP contribution in [-0.2, 0) is 21.5 Å². The summed E-state index contributed by atoms with van der Waals surface area (Å²) in [6.45, 7) is 8.98. The predicted molar refractivity (Wildman–Crippen MR) is 112 cm³/mol. The second kappa shape index (κ2) is 7.71. The van der Waals surface area contributed by atoms with Crippen molar-refractivity contribution in [2.45, 2.75) is 62.6 Å². The van der Waals surface area contributed by atoms with Gasteiger partial charge in [0.15, 0.2) is 11.0 Å². The second-order valence-corrected chi connectivity index (χ2v) is 9.56. The number of esters is 1. The lowest BCUT2D eigenvalue weighted by Crippen LogP contribution is -2.12. The maximum Gasteiger partial charge on any atom is 0.319 e. The van der Waals surface area contributed by atoms with Crippen LogP contribution < -0.4 is 0 Å². The SMILES string of the molecule is CC1CC(Sc2nnc(-c3ccc(C(C)(C)C)cc3)n2Cc2ccco2)C(=O)O1. The number of aromatic nitrogens is 3. The maximum atomic E-state index is 12.1. The van der Waals surface area contributed by atoms with E-state index in [1.165, 1.54) is 17.3 Å². The van der Waals surface area contributed by atoms with Crippen molar-refractivity contribution in [3.05, 3.63) is 54.0 Å². The van der Waals surface area contributed by atoms with Crippen molar-refractivity contribution in [1.29, 1.82) is 0 Å². The minimum absolute atomic E-state index is 0.0640. The van der Waals surface area contributed by atoms with Crippen LogP contribution in [0.1, 0.15) is 45.4 Å². The Morgan fingerprint density at radius 1 is 1.17 bits per heavy atom. The standard InChI is InChI=1S/C22H25N3O3S/c1-14-12-18(20(26)28-14)29-21-24-23-19(25(21)13-17-6-5-11-27-17)15-7-9-16(10-8-15)22(2,3)4/h5-11,14,18H,12-13H2,1-4H3. The first-order chi connectivity index (χ1) is 13.8. The molecule has 1 aromatic carbocycles. The van der Waals surface area contributed by atoms with Gasteiger partial charge in [-0.2, -0.15) is 0 Å². The smallest absolute Gasteiger partial charge is 0.319 e. The van der Waals surface area contributed by atoms with E-state index in [9.17, 15) is 4.79 Å². The molecule has 0 N–H and O–H groups in total. The van der Waals surface area contributed by atoms with E-state index in [4.69, 9.17) is 9.15 Å². The zero-order valence-corrected chi connectivity index (χ0v) is 17.9. The Hall–Kier alpha value is -2.54. The van der Waals surface area contributed by atoms with E-state index in [1.807, 2.05) is 23.6 Å². The third kappa shape index (κ3) is 4.24. The predicted octanol–water partition coefficient (Wildman–Crippen LogP) is 4.68. The summed E-state index contributed by atoms with van der Waals surface area (Å²) in [7, 11) is 0. The zero-order valence-electron chi connectivity index (χ0n) is 17.1. The molecule has 2 unspecified atom stereocenters. The average molecular weight is 412 g/mol. The summed E-state index contributed by atoms with van der Waals surface area (Å²) in [4.78, 5) is 12.1. The Morgan fingerprint density at radius 2 is 1.93 bits per heavy atom. The number of hydrogen-bond acceptors (Lipinski definition) is 6. The van der Waals surface area contributed by atoms with Crippen LogP contribution in [0.3, 0.4) is 0 Å². The van der Waals surface area contributed by atoms with Crippen LogP contribution in [0.25, 0.3) is 11.4 Å². The zero-order chi connectivity index (χ0) is 20.6. The first kappa shape index (κ1) is 19.8. The van der Waals surface area contributed by atoms with Crippen molar-refractivity contribution in [2.24, 2.45) is 0 Å². The number of hydrogen-bond donors (Lipinski definition) is 0. The number of carbonyl (C=O) groups excluding carboxylic acids is 1. The molecule has 0 spiro atoms. The Balaban J connectivity index is 1.68. The molecule has 0 bridgehead atoms. The molecule has 1 aliphatic rings. The van der Waals surface area contributed by atoms with E-state index >= 15 is 0 Å². The molecule has 0 radical (unpaired) electrons. The fourth-order valence-electron chi connectivity index (χ4n) is 3.35. The molecule has 0 amide bonds. The molecule has 4 rings (SSSR count). The van der Waals surface area contributed by atoms with Gasteiger partial charge < -0.3 is 9.15 Å². The van der Waals surface area contributed by atoms with Crippen molar-refractivity contribution in [3.63, 3.8) is 0 Å². The van der Waals surface area contributed by atoms with Gasteiger partial charge in [0.2, 0.25) is 0 Å². The number of furan rings is 1. The molecular weight excluding hydrogens is 386 g/mol. The van der Waals surface area contributed by atoms with Crippen molar-refractivity contribution in [1.82, 2.24) is 14.8 Å². The van der Waals surface area contributed by atoms with Gasteiger partial charge >= 0.3 is 5.97 Å². The van der Waals surface area contributed by atoms with Crippen LogP contribution in [0.4, 0.5) is 0 Å². The van der Waals surface area contributed by atoms with Crippen molar-refractivity contribution < 1.29 is 13.9 Å². The van der Waals surface area contributed by atoms with E-state index in [0.717, 1.165) is 17.1 Å².